The Bertz CT molecular complexity index is 334. The molecule has 15 heavy (non-hydrogen) atoms. The van der Waals surface area contributed by atoms with Gasteiger partial charge in [-0.05, 0) is 44.2 Å². The zero-order chi connectivity index (χ0) is 11.5. The second-order valence-electron chi connectivity index (χ2n) is 3.99. The van der Waals surface area contributed by atoms with Crippen LogP contribution in [-0.4, -0.2) is 25.8 Å². The van der Waals surface area contributed by atoms with E-state index in [4.69, 9.17) is 4.74 Å². The molecule has 0 aromatic heterocycles. The lowest BCUT2D eigenvalue weighted by Crippen LogP contribution is -2.34. The van der Waals surface area contributed by atoms with Crippen molar-refractivity contribution in [2.45, 2.75) is 19.4 Å². The maximum Gasteiger partial charge on any atom is 0.119 e. The SMILES string of the molecule is CNCC(C)(O)c1ccc(OC)cc1C. The van der Waals surface area contributed by atoms with Crippen LogP contribution in [0.3, 0.4) is 0 Å². The van der Waals surface area contributed by atoms with Gasteiger partial charge in [-0.2, -0.15) is 0 Å². The van der Waals surface area contributed by atoms with Gasteiger partial charge in [-0.15, -0.1) is 0 Å². The fourth-order valence-corrected chi connectivity index (χ4v) is 1.81. The standard InChI is InChI=1S/C12H19NO2/c1-9-7-10(15-4)5-6-11(9)12(2,14)8-13-3/h5-7,13-14H,8H2,1-4H3. The van der Waals surface area contributed by atoms with Crippen LogP contribution in [0.4, 0.5) is 0 Å². The van der Waals surface area contributed by atoms with Gasteiger partial charge in [0.05, 0.1) is 12.7 Å². The molecule has 1 aromatic rings. The van der Waals surface area contributed by atoms with Crippen molar-refractivity contribution in [1.82, 2.24) is 5.32 Å². The number of benzene rings is 1. The number of likely N-dealkylation sites (N-methyl/N-ethyl adjacent to an activating group) is 1. The van der Waals surface area contributed by atoms with Crippen LogP contribution in [0.5, 0.6) is 5.75 Å². The van der Waals surface area contributed by atoms with Crippen molar-refractivity contribution in [1.29, 1.82) is 0 Å². The molecule has 0 saturated heterocycles. The van der Waals surface area contributed by atoms with Crippen LogP contribution in [0.2, 0.25) is 0 Å². The molecule has 3 heteroatoms. The normalized spacial score (nSPS) is 14.7. The Kier molecular flexibility index (Phi) is 3.72. The molecule has 84 valence electrons. The van der Waals surface area contributed by atoms with Gasteiger partial charge < -0.3 is 15.2 Å². The molecule has 1 rings (SSSR count). The van der Waals surface area contributed by atoms with Crippen LogP contribution in [0.1, 0.15) is 18.1 Å². The quantitative estimate of drug-likeness (QED) is 0.788. The van der Waals surface area contributed by atoms with Crippen molar-refractivity contribution in [3.8, 4) is 5.75 Å². The predicted octanol–water partition coefficient (Wildman–Crippen LogP) is 1.43. The largest absolute Gasteiger partial charge is 0.497 e. The second-order valence-corrected chi connectivity index (χ2v) is 3.99. The summed E-state index contributed by atoms with van der Waals surface area (Å²) < 4.78 is 5.13. The summed E-state index contributed by atoms with van der Waals surface area (Å²) in [5.74, 6) is 0.816. The molecule has 2 N–H and O–H groups in total. The van der Waals surface area contributed by atoms with Crippen molar-refractivity contribution in [3.05, 3.63) is 29.3 Å². The monoisotopic (exact) mass is 209 g/mol. The summed E-state index contributed by atoms with van der Waals surface area (Å²) in [5, 5.41) is 13.2. The van der Waals surface area contributed by atoms with E-state index in [1.54, 1.807) is 14.0 Å². The number of methoxy groups -OCH3 is 1. The zero-order valence-corrected chi connectivity index (χ0v) is 9.79. The lowest BCUT2D eigenvalue weighted by molar-refractivity contribution is 0.0585. The van der Waals surface area contributed by atoms with Crippen LogP contribution < -0.4 is 10.1 Å². The van der Waals surface area contributed by atoms with E-state index in [0.29, 0.717) is 6.54 Å². The molecule has 0 amide bonds. The number of rotatable bonds is 4. The summed E-state index contributed by atoms with van der Waals surface area (Å²) in [5.41, 5.74) is 1.12. The molecule has 0 saturated carbocycles. The van der Waals surface area contributed by atoms with Gasteiger partial charge in [0.15, 0.2) is 0 Å². The highest BCUT2D eigenvalue weighted by Crippen LogP contribution is 2.26. The van der Waals surface area contributed by atoms with Gasteiger partial charge in [0.1, 0.15) is 5.75 Å². The first-order valence-electron chi connectivity index (χ1n) is 5.03. The summed E-state index contributed by atoms with van der Waals surface area (Å²) in [6.45, 7) is 4.31. The minimum absolute atomic E-state index is 0.528. The number of hydrogen-bond donors (Lipinski definition) is 2. The fraction of sp³-hybridized carbons (Fsp3) is 0.500. The van der Waals surface area contributed by atoms with Crippen LogP contribution >= 0.6 is 0 Å². The molecule has 1 aromatic carbocycles. The van der Waals surface area contributed by atoms with Crippen molar-refractivity contribution < 1.29 is 9.84 Å². The van der Waals surface area contributed by atoms with E-state index < -0.39 is 5.60 Å². The molecule has 1 atom stereocenters. The number of aryl methyl sites for hydroxylation is 1. The first kappa shape index (κ1) is 12.0. The third-order valence-corrected chi connectivity index (χ3v) is 2.53. The highest BCUT2D eigenvalue weighted by Gasteiger charge is 2.23. The van der Waals surface area contributed by atoms with Gasteiger partial charge in [-0.3, -0.25) is 0 Å². The predicted molar refractivity (Wildman–Crippen MR) is 61.2 cm³/mol. The molecular formula is C12H19NO2. The third kappa shape index (κ3) is 2.70. The van der Waals surface area contributed by atoms with Gasteiger partial charge in [0.25, 0.3) is 0 Å². The fourth-order valence-electron chi connectivity index (χ4n) is 1.81. The van der Waals surface area contributed by atoms with Crippen molar-refractivity contribution >= 4 is 0 Å². The summed E-state index contributed by atoms with van der Waals surface area (Å²) in [7, 11) is 3.47. The molecule has 0 aliphatic heterocycles. The van der Waals surface area contributed by atoms with E-state index in [2.05, 4.69) is 5.32 Å². The minimum Gasteiger partial charge on any atom is -0.497 e. The molecule has 0 radical (unpaired) electrons. The first-order valence-corrected chi connectivity index (χ1v) is 5.03. The average molecular weight is 209 g/mol. The first-order chi connectivity index (χ1) is 7.01. The van der Waals surface area contributed by atoms with E-state index in [1.807, 2.05) is 32.2 Å². The smallest absolute Gasteiger partial charge is 0.119 e. The molecule has 1 unspecified atom stereocenters. The van der Waals surface area contributed by atoms with Crippen LogP contribution in [0.15, 0.2) is 18.2 Å². The molecule has 0 spiro atoms. The summed E-state index contributed by atoms with van der Waals surface area (Å²) >= 11 is 0. The Labute approximate surface area is 91.1 Å². The molecule has 3 nitrogen and oxygen atoms in total. The molecular weight excluding hydrogens is 190 g/mol. The lowest BCUT2D eigenvalue weighted by Gasteiger charge is -2.25. The Hall–Kier alpha value is -1.06. The van der Waals surface area contributed by atoms with Gasteiger partial charge in [0, 0.05) is 6.54 Å². The van der Waals surface area contributed by atoms with Crippen molar-refractivity contribution in [2.75, 3.05) is 20.7 Å². The Morgan fingerprint density at radius 3 is 2.60 bits per heavy atom. The maximum atomic E-state index is 10.2. The van der Waals surface area contributed by atoms with E-state index in [-0.39, 0.29) is 0 Å². The van der Waals surface area contributed by atoms with E-state index >= 15 is 0 Å². The van der Waals surface area contributed by atoms with Gasteiger partial charge in [-0.25, -0.2) is 0 Å². The van der Waals surface area contributed by atoms with Crippen LogP contribution in [-0.2, 0) is 5.60 Å². The molecule has 0 bridgehead atoms. The minimum atomic E-state index is -0.842. The molecule has 0 aliphatic rings. The molecule has 0 heterocycles. The topological polar surface area (TPSA) is 41.5 Å². The number of ether oxygens (including phenoxy) is 1. The highest BCUT2D eigenvalue weighted by molar-refractivity contribution is 5.38. The van der Waals surface area contributed by atoms with Gasteiger partial charge in [-0.1, -0.05) is 6.07 Å². The van der Waals surface area contributed by atoms with Crippen LogP contribution in [0.25, 0.3) is 0 Å². The van der Waals surface area contributed by atoms with Gasteiger partial charge >= 0.3 is 0 Å². The van der Waals surface area contributed by atoms with Crippen molar-refractivity contribution in [2.24, 2.45) is 0 Å². The zero-order valence-electron chi connectivity index (χ0n) is 9.79. The summed E-state index contributed by atoms with van der Waals surface area (Å²) in [6, 6.07) is 5.71. The van der Waals surface area contributed by atoms with E-state index in [0.717, 1.165) is 16.9 Å². The molecule has 0 aliphatic carbocycles. The molecule has 0 fully saturated rings. The van der Waals surface area contributed by atoms with Crippen molar-refractivity contribution in [3.63, 3.8) is 0 Å². The lowest BCUT2D eigenvalue weighted by atomic mass is 9.92. The van der Waals surface area contributed by atoms with E-state index in [9.17, 15) is 5.11 Å². The maximum absolute atomic E-state index is 10.2. The Morgan fingerprint density at radius 1 is 1.47 bits per heavy atom. The van der Waals surface area contributed by atoms with Crippen LogP contribution in [0, 0.1) is 6.92 Å². The summed E-state index contributed by atoms with van der Waals surface area (Å²) in [6.07, 6.45) is 0. The highest BCUT2D eigenvalue weighted by atomic mass is 16.5. The Morgan fingerprint density at radius 2 is 2.13 bits per heavy atom. The average Bonchev–Trinajstić information content (AvgIpc) is 2.17. The second kappa shape index (κ2) is 4.64. The number of aliphatic hydroxyl groups is 1. The summed E-state index contributed by atoms with van der Waals surface area (Å²) in [4.78, 5) is 0. The Balaban J connectivity index is 3.04. The number of hydrogen-bond acceptors (Lipinski definition) is 3. The van der Waals surface area contributed by atoms with E-state index in [1.165, 1.54) is 0 Å². The number of nitrogens with one attached hydrogen (secondary N) is 1. The third-order valence-electron chi connectivity index (χ3n) is 2.53. The van der Waals surface area contributed by atoms with Gasteiger partial charge in [0.2, 0.25) is 0 Å².